The van der Waals surface area contributed by atoms with E-state index < -0.39 is 0 Å². The fourth-order valence-corrected chi connectivity index (χ4v) is 2.47. The van der Waals surface area contributed by atoms with Gasteiger partial charge in [-0.15, -0.1) is 0 Å². The molecule has 0 N–H and O–H groups in total. The third-order valence-corrected chi connectivity index (χ3v) is 3.65. The number of nitrogens with zero attached hydrogens (tertiary/aromatic N) is 3. The molecule has 5 nitrogen and oxygen atoms in total. The van der Waals surface area contributed by atoms with E-state index in [1.165, 1.54) is 0 Å². The van der Waals surface area contributed by atoms with Crippen LogP contribution in [-0.4, -0.2) is 80.0 Å². The smallest absolute Gasteiger partial charge is 0.135 e. The summed E-state index contributed by atoms with van der Waals surface area (Å²) in [4.78, 5) is 7.18. The molecule has 0 amide bonds. The minimum atomic E-state index is 0.0907. The molecule has 2 aliphatic rings. The second kappa shape index (κ2) is 7.40. The normalized spacial score (nSPS) is 28.7. The fraction of sp³-hybridized carbons (Fsp3) is 0.923. The van der Waals surface area contributed by atoms with Crippen molar-refractivity contribution in [2.24, 2.45) is 0 Å². The van der Waals surface area contributed by atoms with Crippen molar-refractivity contribution in [1.29, 1.82) is 0 Å². The van der Waals surface area contributed by atoms with Crippen molar-refractivity contribution in [2.75, 3.05) is 59.1 Å². The van der Waals surface area contributed by atoms with Gasteiger partial charge in [0.25, 0.3) is 0 Å². The molecule has 5 heteroatoms. The summed E-state index contributed by atoms with van der Waals surface area (Å²) in [5.74, 6) is 0. The van der Waals surface area contributed by atoms with E-state index >= 15 is 0 Å². The number of rotatable bonds is 5. The van der Waals surface area contributed by atoms with Crippen LogP contribution < -0.4 is 0 Å². The lowest BCUT2D eigenvalue weighted by molar-refractivity contribution is -0.135. The van der Waals surface area contributed by atoms with Crippen molar-refractivity contribution in [3.05, 3.63) is 6.67 Å². The maximum atomic E-state index is 5.71. The number of hydrogen-bond donors (Lipinski definition) is 0. The first-order valence-electron chi connectivity index (χ1n) is 7.10. The molecule has 0 spiro atoms. The Kier molecular flexibility index (Phi) is 5.85. The summed E-state index contributed by atoms with van der Waals surface area (Å²) >= 11 is 0. The number of likely N-dealkylation sites (N-methyl/N-ethyl adjacent to an activating group) is 1. The molecule has 105 valence electrons. The molecule has 0 aromatic heterocycles. The second-order valence-corrected chi connectivity index (χ2v) is 4.81. The summed E-state index contributed by atoms with van der Waals surface area (Å²) in [6.07, 6.45) is 0.0907. The summed E-state index contributed by atoms with van der Waals surface area (Å²) in [6, 6.07) is 0. The molecule has 1 unspecified atom stereocenters. The van der Waals surface area contributed by atoms with E-state index in [4.69, 9.17) is 9.47 Å². The van der Waals surface area contributed by atoms with Crippen LogP contribution in [0.15, 0.2) is 0 Å². The first-order valence-corrected chi connectivity index (χ1v) is 7.10. The van der Waals surface area contributed by atoms with Gasteiger partial charge in [-0.25, -0.2) is 0 Å². The van der Waals surface area contributed by atoms with Crippen LogP contribution in [-0.2, 0) is 9.47 Å². The molecule has 2 fully saturated rings. The van der Waals surface area contributed by atoms with Gasteiger partial charge in [0, 0.05) is 39.3 Å². The molecule has 18 heavy (non-hydrogen) atoms. The van der Waals surface area contributed by atoms with E-state index in [1.807, 2.05) is 6.92 Å². The lowest BCUT2D eigenvalue weighted by atomic mass is 10.3. The average Bonchev–Trinajstić information content (AvgIpc) is 2.42. The third kappa shape index (κ3) is 3.90. The predicted molar refractivity (Wildman–Crippen MR) is 70.9 cm³/mol. The topological polar surface area (TPSA) is 28.2 Å². The zero-order chi connectivity index (χ0) is 12.8. The van der Waals surface area contributed by atoms with Gasteiger partial charge >= 0.3 is 0 Å². The number of ether oxygens (including phenoxy) is 2. The Morgan fingerprint density at radius 1 is 1.17 bits per heavy atom. The molecule has 0 aromatic rings. The van der Waals surface area contributed by atoms with E-state index in [1.54, 1.807) is 0 Å². The Hall–Kier alpha value is -0.200. The van der Waals surface area contributed by atoms with Crippen molar-refractivity contribution in [3.8, 4) is 0 Å². The van der Waals surface area contributed by atoms with E-state index in [2.05, 4.69) is 28.3 Å². The fourth-order valence-electron chi connectivity index (χ4n) is 2.47. The molecular weight excluding hydrogens is 230 g/mol. The third-order valence-electron chi connectivity index (χ3n) is 3.65. The molecule has 2 aliphatic heterocycles. The standard InChI is InChI=1S/C13H26N3O2/c1-3-14-5-7-15(8-6-14)12-16-9-10-17-11-13(16)18-4-2/h12-13H,3-11H2,1-2H3. The Morgan fingerprint density at radius 3 is 2.61 bits per heavy atom. The molecule has 0 aliphatic carbocycles. The van der Waals surface area contributed by atoms with Crippen molar-refractivity contribution < 1.29 is 9.47 Å². The summed E-state index contributed by atoms with van der Waals surface area (Å²) < 4.78 is 11.2. The van der Waals surface area contributed by atoms with Crippen LogP contribution in [0.5, 0.6) is 0 Å². The molecule has 2 rings (SSSR count). The molecule has 1 atom stereocenters. The molecule has 2 heterocycles. The SMILES string of the molecule is CCOC1COCCN1[CH]N1CCN(CC)CC1. The van der Waals surface area contributed by atoms with Crippen LogP contribution >= 0.6 is 0 Å². The van der Waals surface area contributed by atoms with Gasteiger partial charge in [0.1, 0.15) is 6.23 Å². The highest BCUT2D eigenvalue weighted by atomic mass is 16.5. The van der Waals surface area contributed by atoms with Crippen LogP contribution in [0.4, 0.5) is 0 Å². The van der Waals surface area contributed by atoms with Gasteiger partial charge < -0.3 is 14.4 Å². The molecule has 0 bridgehead atoms. The van der Waals surface area contributed by atoms with Crippen molar-refractivity contribution in [3.63, 3.8) is 0 Å². The maximum Gasteiger partial charge on any atom is 0.135 e. The van der Waals surface area contributed by atoms with E-state index in [0.717, 1.165) is 52.5 Å². The van der Waals surface area contributed by atoms with Crippen LogP contribution in [0.1, 0.15) is 13.8 Å². The summed E-state index contributed by atoms with van der Waals surface area (Å²) in [7, 11) is 0. The van der Waals surface area contributed by atoms with E-state index in [-0.39, 0.29) is 6.23 Å². The first-order chi connectivity index (χ1) is 8.83. The van der Waals surface area contributed by atoms with Crippen molar-refractivity contribution >= 4 is 0 Å². The van der Waals surface area contributed by atoms with E-state index in [0.29, 0.717) is 6.61 Å². The van der Waals surface area contributed by atoms with E-state index in [9.17, 15) is 0 Å². The zero-order valence-electron chi connectivity index (χ0n) is 11.7. The number of hydrogen-bond acceptors (Lipinski definition) is 5. The molecule has 2 saturated heterocycles. The van der Waals surface area contributed by atoms with Gasteiger partial charge in [-0.05, 0) is 13.5 Å². The van der Waals surface area contributed by atoms with Gasteiger partial charge in [0.05, 0.1) is 19.9 Å². The largest absolute Gasteiger partial charge is 0.376 e. The van der Waals surface area contributed by atoms with Gasteiger partial charge in [0.2, 0.25) is 0 Å². The van der Waals surface area contributed by atoms with Gasteiger partial charge in [-0.1, -0.05) is 6.92 Å². The number of piperazine rings is 1. The molecular formula is C13H26N3O2. The monoisotopic (exact) mass is 256 g/mol. The highest BCUT2D eigenvalue weighted by Crippen LogP contribution is 2.14. The van der Waals surface area contributed by atoms with Crippen LogP contribution in [0.3, 0.4) is 0 Å². The molecule has 0 saturated carbocycles. The second-order valence-electron chi connectivity index (χ2n) is 4.81. The summed E-state index contributed by atoms with van der Waals surface area (Å²) in [6.45, 7) is 15.4. The average molecular weight is 256 g/mol. The minimum absolute atomic E-state index is 0.0907. The van der Waals surface area contributed by atoms with Crippen LogP contribution in [0, 0.1) is 6.67 Å². The molecule has 1 radical (unpaired) electrons. The highest BCUT2D eigenvalue weighted by Gasteiger charge is 2.26. The zero-order valence-corrected chi connectivity index (χ0v) is 11.7. The van der Waals surface area contributed by atoms with Crippen LogP contribution in [0.25, 0.3) is 0 Å². The predicted octanol–water partition coefficient (Wildman–Crippen LogP) is 0.438. The lowest BCUT2D eigenvalue weighted by Crippen LogP contribution is -2.52. The van der Waals surface area contributed by atoms with Crippen LogP contribution in [0.2, 0.25) is 0 Å². The summed E-state index contributed by atoms with van der Waals surface area (Å²) in [5, 5.41) is 0. The summed E-state index contributed by atoms with van der Waals surface area (Å²) in [5.41, 5.74) is 0. The Bertz CT molecular complexity index is 230. The Morgan fingerprint density at radius 2 is 1.94 bits per heavy atom. The highest BCUT2D eigenvalue weighted by molar-refractivity contribution is 4.80. The van der Waals surface area contributed by atoms with Crippen molar-refractivity contribution in [1.82, 2.24) is 14.7 Å². The van der Waals surface area contributed by atoms with Gasteiger partial charge in [0.15, 0.2) is 0 Å². The Balaban J connectivity index is 1.77. The molecule has 0 aromatic carbocycles. The number of morpholine rings is 1. The lowest BCUT2D eigenvalue weighted by Gasteiger charge is -2.40. The first kappa shape index (κ1) is 14.2. The van der Waals surface area contributed by atoms with Gasteiger partial charge in [-0.2, -0.15) is 0 Å². The van der Waals surface area contributed by atoms with Gasteiger partial charge in [-0.3, -0.25) is 9.80 Å². The van der Waals surface area contributed by atoms with Crippen molar-refractivity contribution in [2.45, 2.75) is 20.1 Å². The minimum Gasteiger partial charge on any atom is -0.376 e. The Labute approximate surface area is 111 Å². The quantitative estimate of drug-likeness (QED) is 0.712. The maximum absolute atomic E-state index is 5.71.